The predicted molar refractivity (Wildman–Crippen MR) is 178 cm³/mol. The Morgan fingerprint density at radius 3 is 1.47 bits per heavy atom. The molecule has 1 aromatic carbocycles. The number of thioether (sulfide) groups is 2. The van der Waals surface area contributed by atoms with Gasteiger partial charge in [0.1, 0.15) is 5.75 Å². The lowest BCUT2D eigenvalue weighted by atomic mass is 9.95. The van der Waals surface area contributed by atoms with Crippen LogP contribution in [0, 0.1) is 6.92 Å². The van der Waals surface area contributed by atoms with Crippen molar-refractivity contribution in [3.63, 3.8) is 0 Å². The first-order chi connectivity index (χ1) is 18.6. The van der Waals surface area contributed by atoms with Gasteiger partial charge in [0, 0.05) is 16.1 Å². The molecule has 1 N–H and O–H groups in total. The van der Waals surface area contributed by atoms with Crippen LogP contribution in [0.15, 0.2) is 12.1 Å². The summed E-state index contributed by atoms with van der Waals surface area (Å²) in [7, 11) is 0. The van der Waals surface area contributed by atoms with Crippen LogP contribution in [0.1, 0.15) is 183 Å². The molecule has 0 spiro atoms. The van der Waals surface area contributed by atoms with Gasteiger partial charge in [0.05, 0.1) is 0 Å². The molecule has 38 heavy (non-hydrogen) atoms. The van der Waals surface area contributed by atoms with E-state index in [2.05, 4.69) is 70.3 Å². The normalized spacial score (nSPS) is 13.2. The molecule has 0 saturated carbocycles. The number of hydrogen-bond acceptors (Lipinski definition) is 3. The summed E-state index contributed by atoms with van der Waals surface area (Å²) in [6.45, 7) is 11.3. The molecule has 3 heteroatoms. The van der Waals surface area contributed by atoms with Gasteiger partial charge < -0.3 is 5.11 Å². The molecule has 0 aliphatic carbocycles. The molecule has 0 aliphatic rings. The van der Waals surface area contributed by atoms with Gasteiger partial charge in [-0.2, -0.15) is 23.5 Å². The van der Waals surface area contributed by atoms with E-state index in [9.17, 15) is 5.11 Å². The van der Waals surface area contributed by atoms with Crippen molar-refractivity contribution in [2.24, 2.45) is 0 Å². The average molecular weight is 565 g/mol. The number of benzene rings is 1. The molecule has 0 radical (unpaired) electrons. The minimum atomic E-state index is 0.427. The van der Waals surface area contributed by atoms with Gasteiger partial charge in [-0.15, -0.1) is 0 Å². The lowest BCUT2D eigenvalue weighted by Crippen LogP contribution is -2.03. The minimum Gasteiger partial charge on any atom is -0.507 e. The number of hydrogen-bond donors (Lipinski definition) is 1. The van der Waals surface area contributed by atoms with Crippen LogP contribution in [-0.2, 0) is 0 Å². The first-order valence-electron chi connectivity index (χ1n) is 16.6. The number of phenols is 1. The maximum absolute atomic E-state index is 11.2. The maximum atomic E-state index is 11.2. The first-order valence-corrected chi connectivity index (χ1v) is 18.7. The topological polar surface area (TPSA) is 20.2 Å². The molecule has 0 bridgehead atoms. The Morgan fingerprint density at radius 2 is 0.974 bits per heavy atom. The smallest absolute Gasteiger partial charge is 0.122 e. The van der Waals surface area contributed by atoms with Crippen molar-refractivity contribution in [1.82, 2.24) is 0 Å². The number of phenolic OH excluding ortho intramolecular Hbond substituents is 1. The standard InChI is InChI=1S/C35H64OS2/c1-6-10-14-16-18-20-22-24-33(37-26-12-8-3)31-28-30(5)35(36)32(29-31)34(38-27-13-9-4)25-23-21-19-17-15-11-7-2/h28-29,33-34,36H,6-27H2,1-5H3. The quantitative estimate of drug-likeness (QED) is 0.113. The van der Waals surface area contributed by atoms with Crippen molar-refractivity contribution in [2.75, 3.05) is 11.5 Å². The van der Waals surface area contributed by atoms with Crippen molar-refractivity contribution >= 4 is 23.5 Å². The second-order valence-electron chi connectivity index (χ2n) is 11.5. The highest BCUT2D eigenvalue weighted by atomic mass is 32.2. The highest BCUT2D eigenvalue weighted by molar-refractivity contribution is 7.99. The van der Waals surface area contributed by atoms with E-state index in [4.69, 9.17) is 0 Å². The van der Waals surface area contributed by atoms with Crippen LogP contribution < -0.4 is 0 Å². The van der Waals surface area contributed by atoms with E-state index >= 15 is 0 Å². The third-order valence-electron chi connectivity index (χ3n) is 7.84. The molecular weight excluding hydrogens is 501 g/mol. The molecule has 2 unspecified atom stereocenters. The van der Waals surface area contributed by atoms with E-state index in [0.717, 1.165) is 5.56 Å². The molecule has 1 rings (SSSR count). The largest absolute Gasteiger partial charge is 0.507 e. The van der Waals surface area contributed by atoms with Crippen LogP contribution in [-0.4, -0.2) is 16.6 Å². The van der Waals surface area contributed by atoms with Crippen LogP contribution in [0.4, 0.5) is 0 Å². The summed E-state index contributed by atoms with van der Waals surface area (Å²) in [5.74, 6) is 3.02. The molecule has 0 fully saturated rings. The molecule has 0 heterocycles. The maximum Gasteiger partial charge on any atom is 0.122 e. The van der Waals surface area contributed by atoms with E-state index in [1.165, 1.54) is 151 Å². The molecule has 0 amide bonds. The van der Waals surface area contributed by atoms with Gasteiger partial charge in [0.2, 0.25) is 0 Å². The zero-order valence-electron chi connectivity index (χ0n) is 26.1. The molecular formula is C35H64OS2. The Labute approximate surface area is 247 Å². The van der Waals surface area contributed by atoms with Crippen LogP contribution in [0.5, 0.6) is 5.75 Å². The summed E-state index contributed by atoms with van der Waals surface area (Å²) in [6, 6.07) is 4.74. The van der Waals surface area contributed by atoms with E-state index in [-0.39, 0.29) is 0 Å². The minimum absolute atomic E-state index is 0.427. The summed E-state index contributed by atoms with van der Waals surface area (Å²) < 4.78 is 0. The van der Waals surface area contributed by atoms with Gasteiger partial charge >= 0.3 is 0 Å². The van der Waals surface area contributed by atoms with Gasteiger partial charge in [-0.05, 0) is 61.3 Å². The number of rotatable bonds is 26. The molecule has 2 atom stereocenters. The fraction of sp³-hybridized carbons (Fsp3) is 0.829. The van der Waals surface area contributed by atoms with Crippen LogP contribution in [0.3, 0.4) is 0 Å². The summed E-state index contributed by atoms with van der Waals surface area (Å²) in [4.78, 5) is 0. The monoisotopic (exact) mass is 564 g/mol. The summed E-state index contributed by atoms with van der Waals surface area (Å²) in [5, 5.41) is 12.2. The second kappa shape index (κ2) is 24.5. The molecule has 1 nitrogen and oxygen atoms in total. The Hall–Kier alpha value is -0.280. The Bertz CT molecular complexity index is 674. The van der Waals surface area contributed by atoms with Gasteiger partial charge in [0.25, 0.3) is 0 Å². The van der Waals surface area contributed by atoms with Gasteiger partial charge in [-0.25, -0.2) is 0 Å². The van der Waals surface area contributed by atoms with Crippen molar-refractivity contribution < 1.29 is 5.11 Å². The van der Waals surface area contributed by atoms with Crippen LogP contribution >= 0.6 is 23.5 Å². The average Bonchev–Trinajstić information content (AvgIpc) is 2.91. The molecule has 0 aliphatic heterocycles. The fourth-order valence-electron chi connectivity index (χ4n) is 5.26. The zero-order chi connectivity index (χ0) is 27.8. The van der Waals surface area contributed by atoms with Crippen molar-refractivity contribution in [1.29, 1.82) is 0 Å². The Kier molecular flexibility index (Phi) is 23.1. The van der Waals surface area contributed by atoms with E-state index < -0.39 is 0 Å². The molecule has 222 valence electrons. The summed E-state index contributed by atoms with van der Waals surface area (Å²) >= 11 is 4.27. The Morgan fingerprint density at radius 1 is 0.553 bits per heavy atom. The van der Waals surface area contributed by atoms with Gasteiger partial charge in [0.15, 0.2) is 0 Å². The lowest BCUT2D eigenvalue weighted by Gasteiger charge is -2.24. The van der Waals surface area contributed by atoms with Crippen molar-refractivity contribution in [2.45, 2.75) is 174 Å². The van der Waals surface area contributed by atoms with Gasteiger partial charge in [-0.3, -0.25) is 0 Å². The number of unbranched alkanes of at least 4 members (excludes halogenated alkanes) is 14. The summed E-state index contributed by atoms with van der Waals surface area (Å²) in [5.41, 5.74) is 3.79. The van der Waals surface area contributed by atoms with Crippen molar-refractivity contribution in [3.05, 3.63) is 28.8 Å². The highest BCUT2D eigenvalue weighted by Gasteiger charge is 2.21. The lowest BCUT2D eigenvalue weighted by molar-refractivity contribution is 0.460. The Balaban J connectivity index is 2.93. The first kappa shape index (κ1) is 35.7. The zero-order valence-corrected chi connectivity index (χ0v) is 27.8. The molecule has 1 aromatic rings. The van der Waals surface area contributed by atoms with E-state index in [0.29, 0.717) is 16.2 Å². The third-order valence-corrected chi connectivity index (χ3v) is 10.7. The van der Waals surface area contributed by atoms with E-state index in [1.807, 2.05) is 0 Å². The summed E-state index contributed by atoms with van der Waals surface area (Å²) in [6.07, 6.45) is 26.6. The second-order valence-corrected chi connectivity index (χ2v) is 14.1. The van der Waals surface area contributed by atoms with Gasteiger partial charge in [-0.1, -0.05) is 136 Å². The van der Waals surface area contributed by atoms with Crippen molar-refractivity contribution in [3.8, 4) is 5.75 Å². The SMILES string of the molecule is CCCCCCCCCC(SCCCC)c1cc(C)c(O)c(C(CCCCCCCCC)SCCCC)c1. The molecule has 0 aromatic heterocycles. The van der Waals surface area contributed by atoms with E-state index in [1.54, 1.807) is 0 Å². The predicted octanol–water partition coefficient (Wildman–Crippen LogP) is 13.1. The van der Waals surface area contributed by atoms with Crippen LogP contribution in [0.25, 0.3) is 0 Å². The van der Waals surface area contributed by atoms with Crippen LogP contribution in [0.2, 0.25) is 0 Å². The fourth-order valence-corrected chi connectivity index (χ4v) is 8.09. The highest BCUT2D eigenvalue weighted by Crippen LogP contribution is 2.44. The number of aromatic hydroxyl groups is 1. The molecule has 0 saturated heterocycles. The third kappa shape index (κ3) is 16.1. The number of aryl methyl sites for hydroxylation is 1.